The third kappa shape index (κ3) is 4.74. The van der Waals surface area contributed by atoms with Crippen molar-refractivity contribution in [1.29, 1.82) is 0 Å². The summed E-state index contributed by atoms with van der Waals surface area (Å²) in [6, 6.07) is 1.98. The topological polar surface area (TPSA) is 63.8 Å². The molecule has 0 aliphatic heterocycles. The number of nitrogens with zero attached hydrogens (tertiary/aromatic N) is 2. The standard InChI is InChI=1S/C11H20N4/c1-4-5-9-6-10(15-8-14-9)13-7-11(2,3)12/h6,8H,4-5,7,12H2,1-3H3,(H,13,14,15). The zero-order chi connectivity index (χ0) is 11.3. The first-order chi connectivity index (χ1) is 7.01. The van der Waals surface area contributed by atoms with Crippen LogP contribution in [0.3, 0.4) is 0 Å². The first kappa shape index (κ1) is 11.9. The van der Waals surface area contributed by atoms with Crippen molar-refractivity contribution in [2.75, 3.05) is 11.9 Å². The highest BCUT2D eigenvalue weighted by molar-refractivity contribution is 5.35. The minimum Gasteiger partial charge on any atom is -0.368 e. The van der Waals surface area contributed by atoms with Crippen LogP contribution in [0.1, 0.15) is 32.9 Å². The quantitative estimate of drug-likeness (QED) is 0.771. The molecule has 1 aromatic rings. The summed E-state index contributed by atoms with van der Waals surface area (Å²) in [6.07, 6.45) is 3.68. The summed E-state index contributed by atoms with van der Waals surface area (Å²) in [7, 11) is 0. The van der Waals surface area contributed by atoms with Gasteiger partial charge in [-0.1, -0.05) is 13.3 Å². The lowest BCUT2D eigenvalue weighted by atomic mass is 10.1. The summed E-state index contributed by atoms with van der Waals surface area (Å²) in [4.78, 5) is 8.34. The van der Waals surface area contributed by atoms with Crippen LogP contribution in [-0.4, -0.2) is 22.1 Å². The van der Waals surface area contributed by atoms with Gasteiger partial charge in [-0.3, -0.25) is 0 Å². The molecule has 0 saturated carbocycles. The monoisotopic (exact) mass is 208 g/mol. The predicted molar refractivity (Wildman–Crippen MR) is 62.8 cm³/mol. The number of aromatic nitrogens is 2. The van der Waals surface area contributed by atoms with Gasteiger partial charge in [-0.25, -0.2) is 9.97 Å². The Kier molecular flexibility index (Phi) is 4.03. The molecule has 1 rings (SSSR count). The number of nitrogens with one attached hydrogen (secondary N) is 1. The summed E-state index contributed by atoms with van der Waals surface area (Å²) in [6.45, 7) is 6.80. The lowest BCUT2D eigenvalue weighted by Gasteiger charge is -2.19. The zero-order valence-corrected chi connectivity index (χ0v) is 9.75. The van der Waals surface area contributed by atoms with Gasteiger partial charge in [0.2, 0.25) is 0 Å². The summed E-state index contributed by atoms with van der Waals surface area (Å²) >= 11 is 0. The van der Waals surface area contributed by atoms with Crippen LogP contribution in [-0.2, 0) is 6.42 Å². The van der Waals surface area contributed by atoms with Gasteiger partial charge in [-0.15, -0.1) is 0 Å². The van der Waals surface area contributed by atoms with Crippen LogP contribution in [0, 0.1) is 0 Å². The van der Waals surface area contributed by atoms with Crippen molar-refractivity contribution in [3.8, 4) is 0 Å². The minimum atomic E-state index is -0.226. The van der Waals surface area contributed by atoms with E-state index in [4.69, 9.17) is 5.73 Å². The zero-order valence-electron chi connectivity index (χ0n) is 9.75. The molecule has 0 aliphatic carbocycles. The van der Waals surface area contributed by atoms with Gasteiger partial charge in [0.15, 0.2) is 0 Å². The highest BCUT2D eigenvalue weighted by Crippen LogP contribution is 2.07. The SMILES string of the molecule is CCCc1cc(NCC(C)(C)N)ncn1. The molecule has 0 atom stereocenters. The maximum absolute atomic E-state index is 5.87. The highest BCUT2D eigenvalue weighted by atomic mass is 15.0. The van der Waals surface area contributed by atoms with Gasteiger partial charge in [-0.2, -0.15) is 0 Å². The van der Waals surface area contributed by atoms with E-state index in [-0.39, 0.29) is 5.54 Å². The maximum atomic E-state index is 5.87. The van der Waals surface area contributed by atoms with E-state index >= 15 is 0 Å². The Morgan fingerprint density at radius 3 is 2.73 bits per heavy atom. The Morgan fingerprint density at radius 2 is 2.13 bits per heavy atom. The molecule has 0 saturated heterocycles. The Hall–Kier alpha value is -1.16. The summed E-state index contributed by atoms with van der Waals surface area (Å²) in [5.74, 6) is 0.854. The number of rotatable bonds is 5. The highest BCUT2D eigenvalue weighted by Gasteiger charge is 2.10. The van der Waals surface area contributed by atoms with Gasteiger partial charge in [0, 0.05) is 23.8 Å². The lowest BCUT2D eigenvalue weighted by Crippen LogP contribution is -2.39. The fourth-order valence-electron chi connectivity index (χ4n) is 1.21. The third-order valence-corrected chi connectivity index (χ3v) is 1.95. The number of anilines is 1. The normalized spacial score (nSPS) is 11.5. The van der Waals surface area contributed by atoms with E-state index in [2.05, 4.69) is 22.2 Å². The van der Waals surface area contributed by atoms with E-state index in [1.54, 1.807) is 6.33 Å². The van der Waals surface area contributed by atoms with Gasteiger partial charge in [0.1, 0.15) is 12.1 Å². The van der Waals surface area contributed by atoms with Crippen molar-refractivity contribution >= 4 is 5.82 Å². The molecule has 15 heavy (non-hydrogen) atoms. The number of hydrogen-bond donors (Lipinski definition) is 2. The Bertz CT molecular complexity index is 304. The minimum absolute atomic E-state index is 0.226. The first-order valence-corrected chi connectivity index (χ1v) is 5.35. The Labute approximate surface area is 91.3 Å². The number of nitrogens with two attached hydrogens (primary N) is 1. The molecular weight excluding hydrogens is 188 g/mol. The maximum Gasteiger partial charge on any atom is 0.129 e. The summed E-state index contributed by atoms with van der Waals surface area (Å²) in [5, 5.41) is 3.21. The molecule has 0 spiro atoms. The molecule has 84 valence electrons. The predicted octanol–water partition coefficient (Wildman–Crippen LogP) is 1.58. The summed E-state index contributed by atoms with van der Waals surface area (Å²) < 4.78 is 0. The molecule has 0 fully saturated rings. The van der Waals surface area contributed by atoms with Crippen LogP contribution in [0.4, 0.5) is 5.82 Å². The molecule has 1 heterocycles. The van der Waals surface area contributed by atoms with E-state index in [1.807, 2.05) is 19.9 Å². The first-order valence-electron chi connectivity index (χ1n) is 5.35. The Morgan fingerprint density at radius 1 is 1.40 bits per heavy atom. The fourth-order valence-corrected chi connectivity index (χ4v) is 1.21. The van der Waals surface area contributed by atoms with E-state index in [0.29, 0.717) is 6.54 Å². The van der Waals surface area contributed by atoms with Crippen molar-refractivity contribution in [3.05, 3.63) is 18.1 Å². The van der Waals surface area contributed by atoms with Crippen LogP contribution in [0.2, 0.25) is 0 Å². The molecule has 4 nitrogen and oxygen atoms in total. The second kappa shape index (κ2) is 5.07. The van der Waals surface area contributed by atoms with Crippen LogP contribution in [0.5, 0.6) is 0 Å². The number of hydrogen-bond acceptors (Lipinski definition) is 4. The van der Waals surface area contributed by atoms with Gasteiger partial charge in [-0.05, 0) is 20.3 Å². The molecule has 0 bridgehead atoms. The van der Waals surface area contributed by atoms with Crippen LogP contribution < -0.4 is 11.1 Å². The van der Waals surface area contributed by atoms with Crippen LogP contribution in [0.15, 0.2) is 12.4 Å². The van der Waals surface area contributed by atoms with Crippen molar-refractivity contribution in [1.82, 2.24) is 9.97 Å². The molecule has 0 unspecified atom stereocenters. The van der Waals surface area contributed by atoms with Crippen molar-refractivity contribution < 1.29 is 0 Å². The van der Waals surface area contributed by atoms with Crippen LogP contribution in [0.25, 0.3) is 0 Å². The third-order valence-electron chi connectivity index (χ3n) is 1.95. The molecule has 0 amide bonds. The molecule has 4 heteroatoms. The number of aryl methyl sites for hydroxylation is 1. The van der Waals surface area contributed by atoms with Gasteiger partial charge < -0.3 is 11.1 Å². The van der Waals surface area contributed by atoms with Gasteiger partial charge in [0.25, 0.3) is 0 Å². The lowest BCUT2D eigenvalue weighted by molar-refractivity contribution is 0.548. The van der Waals surface area contributed by atoms with Crippen LogP contribution >= 0.6 is 0 Å². The van der Waals surface area contributed by atoms with E-state index in [9.17, 15) is 0 Å². The smallest absolute Gasteiger partial charge is 0.129 e. The second-order valence-corrected chi connectivity index (χ2v) is 4.49. The molecule has 0 radical (unpaired) electrons. The van der Waals surface area contributed by atoms with E-state index in [0.717, 1.165) is 24.4 Å². The molecule has 1 aromatic heterocycles. The van der Waals surface area contributed by atoms with Crippen molar-refractivity contribution in [2.45, 2.75) is 39.2 Å². The molecule has 0 aromatic carbocycles. The van der Waals surface area contributed by atoms with Gasteiger partial charge >= 0.3 is 0 Å². The van der Waals surface area contributed by atoms with E-state index < -0.39 is 0 Å². The summed E-state index contributed by atoms with van der Waals surface area (Å²) in [5.41, 5.74) is 6.72. The Balaban J connectivity index is 2.57. The van der Waals surface area contributed by atoms with Gasteiger partial charge in [0.05, 0.1) is 0 Å². The van der Waals surface area contributed by atoms with Crippen molar-refractivity contribution in [2.24, 2.45) is 5.73 Å². The average Bonchev–Trinajstić information content (AvgIpc) is 2.15. The molecule has 3 N–H and O–H groups in total. The molecule has 0 aliphatic rings. The molecular formula is C11H20N4. The largest absolute Gasteiger partial charge is 0.368 e. The average molecular weight is 208 g/mol. The second-order valence-electron chi connectivity index (χ2n) is 4.49. The van der Waals surface area contributed by atoms with Crippen molar-refractivity contribution in [3.63, 3.8) is 0 Å². The van der Waals surface area contributed by atoms with E-state index in [1.165, 1.54) is 0 Å². The fraction of sp³-hybridized carbons (Fsp3) is 0.636.